The van der Waals surface area contributed by atoms with Crippen molar-refractivity contribution < 1.29 is 9.84 Å². The van der Waals surface area contributed by atoms with Crippen LogP contribution in [0.5, 0.6) is 11.5 Å². The van der Waals surface area contributed by atoms with Gasteiger partial charge in [-0.25, -0.2) is 0 Å². The Balaban J connectivity index is 1.91. The molecule has 0 saturated heterocycles. The number of rotatable bonds is 4. The lowest BCUT2D eigenvalue weighted by Crippen LogP contribution is -2.07. The zero-order valence-corrected chi connectivity index (χ0v) is 12.7. The van der Waals surface area contributed by atoms with Crippen LogP contribution in [0.2, 0.25) is 0 Å². The molecule has 5 nitrogen and oxygen atoms in total. The fraction of sp³-hybridized carbons (Fsp3) is 0.111. The van der Waals surface area contributed by atoms with Gasteiger partial charge in [-0.05, 0) is 24.6 Å². The van der Waals surface area contributed by atoms with Gasteiger partial charge in [-0.2, -0.15) is 0 Å². The Kier molecular flexibility index (Phi) is 4.10. The van der Waals surface area contributed by atoms with Crippen LogP contribution in [0, 0.1) is 0 Å². The zero-order valence-electron chi connectivity index (χ0n) is 12.7. The summed E-state index contributed by atoms with van der Waals surface area (Å²) in [6.45, 7) is 1.94. The maximum Gasteiger partial charge on any atom is 0.188 e. The minimum atomic E-state index is -0.181. The SMILES string of the molecule is C[C@@H](Oc1cc(-c2ccccc2O)nnc1N)c1ccccc1. The lowest BCUT2D eigenvalue weighted by atomic mass is 10.1. The molecule has 0 aliphatic carbocycles. The molecule has 0 amide bonds. The van der Waals surface area contributed by atoms with Crippen molar-refractivity contribution in [2.75, 3.05) is 5.73 Å². The minimum Gasteiger partial charge on any atom is -0.507 e. The number of nitrogen functional groups attached to an aromatic ring is 1. The molecule has 0 spiro atoms. The fourth-order valence-corrected chi connectivity index (χ4v) is 2.28. The third-order valence-corrected chi connectivity index (χ3v) is 3.54. The van der Waals surface area contributed by atoms with E-state index in [0.29, 0.717) is 17.0 Å². The lowest BCUT2D eigenvalue weighted by molar-refractivity contribution is 0.227. The van der Waals surface area contributed by atoms with Gasteiger partial charge in [-0.3, -0.25) is 0 Å². The first-order valence-corrected chi connectivity index (χ1v) is 7.28. The van der Waals surface area contributed by atoms with Gasteiger partial charge in [0, 0.05) is 11.6 Å². The molecule has 1 atom stereocenters. The second kappa shape index (κ2) is 6.36. The molecule has 1 aromatic heterocycles. The molecule has 3 aromatic rings. The van der Waals surface area contributed by atoms with Crippen molar-refractivity contribution in [2.24, 2.45) is 0 Å². The van der Waals surface area contributed by atoms with E-state index in [1.54, 1.807) is 24.3 Å². The number of hydrogen-bond acceptors (Lipinski definition) is 5. The third kappa shape index (κ3) is 3.23. The average Bonchev–Trinajstić information content (AvgIpc) is 2.58. The van der Waals surface area contributed by atoms with Crippen LogP contribution in [0.1, 0.15) is 18.6 Å². The largest absolute Gasteiger partial charge is 0.507 e. The number of aromatic hydroxyl groups is 1. The average molecular weight is 307 g/mol. The first kappa shape index (κ1) is 14.8. The number of benzene rings is 2. The second-order valence-electron chi connectivity index (χ2n) is 5.17. The van der Waals surface area contributed by atoms with Crippen LogP contribution in [-0.2, 0) is 0 Å². The molecular weight excluding hydrogens is 290 g/mol. The number of ether oxygens (including phenoxy) is 1. The van der Waals surface area contributed by atoms with Crippen molar-refractivity contribution in [3.05, 3.63) is 66.2 Å². The van der Waals surface area contributed by atoms with E-state index >= 15 is 0 Å². The van der Waals surface area contributed by atoms with E-state index in [0.717, 1.165) is 5.56 Å². The van der Waals surface area contributed by atoms with Gasteiger partial charge in [-0.1, -0.05) is 42.5 Å². The van der Waals surface area contributed by atoms with Crippen LogP contribution < -0.4 is 10.5 Å². The molecule has 0 fully saturated rings. The van der Waals surface area contributed by atoms with Crippen molar-refractivity contribution in [1.82, 2.24) is 10.2 Å². The molecule has 1 heterocycles. The van der Waals surface area contributed by atoms with Gasteiger partial charge in [0.25, 0.3) is 0 Å². The molecule has 3 rings (SSSR count). The Labute approximate surface area is 134 Å². The number of aromatic nitrogens is 2. The molecule has 0 unspecified atom stereocenters. The molecule has 0 bridgehead atoms. The van der Waals surface area contributed by atoms with E-state index in [1.807, 2.05) is 43.3 Å². The topological polar surface area (TPSA) is 81.3 Å². The van der Waals surface area contributed by atoms with Crippen LogP contribution in [0.25, 0.3) is 11.3 Å². The van der Waals surface area contributed by atoms with E-state index in [9.17, 15) is 5.11 Å². The molecule has 3 N–H and O–H groups in total. The molecule has 5 heteroatoms. The Hall–Kier alpha value is -3.08. The third-order valence-electron chi connectivity index (χ3n) is 3.54. The summed E-state index contributed by atoms with van der Waals surface area (Å²) in [4.78, 5) is 0. The predicted octanol–water partition coefficient (Wildman–Crippen LogP) is 3.57. The quantitative estimate of drug-likeness (QED) is 0.770. The van der Waals surface area contributed by atoms with Gasteiger partial charge in [-0.15, -0.1) is 10.2 Å². The van der Waals surface area contributed by atoms with Gasteiger partial charge in [0.2, 0.25) is 0 Å². The highest BCUT2D eigenvalue weighted by Crippen LogP contribution is 2.32. The van der Waals surface area contributed by atoms with Gasteiger partial charge in [0.1, 0.15) is 17.5 Å². The maximum atomic E-state index is 9.94. The second-order valence-corrected chi connectivity index (χ2v) is 5.17. The first-order chi connectivity index (χ1) is 11.1. The predicted molar refractivity (Wildman–Crippen MR) is 89.0 cm³/mol. The smallest absolute Gasteiger partial charge is 0.188 e. The Bertz CT molecular complexity index is 806. The number of para-hydroxylation sites is 1. The van der Waals surface area contributed by atoms with E-state index < -0.39 is 0 Å². The van der Waals surface area contributed by atoms with Crippen molar-refractivity contribution in [3.63, 3.8) is 0 Å². The van der Waals surface area contributed by atoms with Gasteiger partial charge >= 0.3 is 0 Å². The molecule has 0 saturated carbocycles. The normalized spacial score (nSPS) is 11.9. The lowest BCUT2D eigenvalue weighted by Gasteiger charge is -2.16. The van der Waals surface area contributed by atoms with E-state index in [2.05, 4.69) is 10.2 Å². The molecular formula is C18H17N3O2. The first-order valence-electron chi connectivity index (χ1n) is 7.28. The summed E-state index contributed by atoms with van der Waals surface area (Å²) < 4.78 is 5.92. The fourth-order valence-electron chi connectivity index (χ4n) is 2.28. The van der Waals surface area contributed by atoms with Crippen molar-refractivity contribution in [2.45, 2.75) is 13.0 Å². The zero-order chi connectivity index (χ0) is 16.2. The van der Waals surface area contributed by atoms with Gasteiger partial charge in [0.05, 0.1) is 0 Å². The number of hydrogen-bond donors (Lipinski definition) is 2. The summed E-state index contributed by atoms with van der Waals surface area (Å²) in [5.74, 6) is 0.787. The Morgan fingerprint density at radius 3 is 2.43 bits per heavy atom. The number of nitrogens with two attached hydrogens (primary N) is 1. The van der Waals surface area contributed by atoms with Gasteiger partial charge in [0.15, 0.2) is 11.6 Å². The molecule has 0 radical (unpaired) electrons. The van der Waals surface area contributed by atoms with Gasteiger partial charge < -0.3 is 15.6 Å². The number of phenolic OH excluding ortho intramolecular Hbond substituents is 1. The van der Waals surface area contributed by atoms with Crippen LogP contribution in [0.4, 0.5) is 5.82 Å². The highest BCUT2D eigenvalue weighted by Gasteiger charge is 2.13. The maximum absolute atomic E-state index is 9.94. The van der Waals surface area contributed by atoms with Crippen LogP contribution >= 0.6 is 0 Å². The highest BCUT2D eigenvalue weighted by atomic mass is 16.5. The van der Waals surface area contributed by atoms with Crippen molar-refractivity contribution in [3.8, 4) is 22.8 Å². The minimum absolute atomic E-state index is 0.133. The Morgan fingerprint density at radius 1 is 1.00 bits per heavy atom. The summed E-state index contributed by atoms with van der Waals surface area (Å²) in [7, 11) is 0. The van der Waals surface area contributed by atoms with E-state index in [1.165, 1.54) is 0 Å². The standard InChI is InChI=1S/C18H17N3O2/c1-12(13-7-3-2-4-8-13)23-17-11-15(20-21-18(17)19)14-9-5-6-10-16(14)22/h2-12,22H,1H3,(H2,19,21)/t12-/m1/s1. The summed E-state index contributed by atoms with van der Waals surface area (Å²) in [6, 6.07) is 18.5. The summed E-state index contributed by atoms with van der Waals surface area (Å²) in [5.41, 5.74) is 7.99. The summed E-state index contributed by atoms with van der Waals surface area (Å²) in [6.07, 6.45) is -0.181. The van der Waals surface area contributed by atoms with Crippen LogP contribution in [0.3, 0.4) is 0 Å². The van der Waals surface area contributed by atoms with E-state index in [-0.39, 0.29) is 17.7 Å². The molecule has 116 valence electrons. The molecule has 23 heavy (non-hydrogen) atoms. The molecule has 2 aromatic carbocycles. The van der Waals surface area contributed by atoms with Crippen molar-refractivity contribution >= 4 is 5.82 Å². The van der Waals surface area contributed by atoms with Crippen LogP contribution in [0.15, 0.2) is 60.7 Å². The summed E-state index contributed by atoms with van der Waals surface area (Å²) in [5, 5.41) is 17.9. The molecule has 0 aliphatic heterocycles. The summed E-state index contributed by atoms with van der Waals surface area (Å²) >= 11 is 0. The highest BCUT2D eigenvalue weighted by molar-refractivity contribution is 5.68. The van der Waals surface area contributed by atoms with Crippen molar-refractivity contribution in [1.29, 1.82) is 0 Å². The Morgan fingerprint density at radius 2 is 1.70 bits per heavy atom. The van der Waals surface area contributed by atoms with E-state index in [4.69, 9.17) is 10.5 Å². The van der Waals surface area contributed by atoms with Crippen LogP contribution in [-0.4, -0.2) is 15.3 Å². The molecule has 0 aliphatic rings. The number of nitrogens with zero attached hydrogens (tertiary/aromatic N) is 2. The number of anilines is 1. The number of phenols is 1. The monoisotopic (exact) mass is 307 g/mol.